The van der Waals surface area contributed by atoms with E-state index in [1.165, 1.54) is 33.5 Å². The highest BCUT2D eigenvalue weighted by Gasteiger charge is 2.18. The first-order chi connectivity index (χ1) is 15.3. The standard InChI is InChI=1S/C21H24Cl2N2O7/c1-29-16-7-12(8-17(30-2)20(16)31-3)21(28)25-10-18(27)24-9-13(26)11-32-15-6-4-5-14(22)19(15)23/h4-8,13,26H,9-11H2,1-3H3,(H,24,27)(H,25,28). The molecule has 11 heteroatoms. The second-order valence-corrected chi connectivity index (χ2v) is 7.20. The van der Waals surface area contributed by atoms with E-state index >= 15 is 0 Å². The van der Waals surface area contributed by atoms with E-state index < -0.39 is 17.9 Å². The minimum absolute atomic E-state index is 0.0862. The number of benzene rings is 2. The number of nitrogens with one attached hydrogen (secondary N) is 2. The molecule has 0 aliphatic rings. The zero-order valence-electron chi connectivity index (χ0n) is 17.7. The van der Waals surface area contributed by atoms with E-state index in [-0.39, 0.29) is 30.3 Å². The third kappa shape index (κ3) is 6.81. The summed E-state index contributed by atoms with van der Waals surface area (Å²) in [7, 11) is 4.32. The Labute approximate surface area is 195 Å². The van der Waals surface area contributed by atoms with Crippen molar-refractivity contribution in [1.82, 2.24) is 10.6 Å². The fraction of sp³-hybridized carbons (Fsp3) is 0.333. The molecule has 0 aliphatic carbocycles. The minimum atomic E-state index is -1.00. The summed E-state index contributed by atoms with van der Waals surface area (Å²) in [6.07, 6.45) is -1.00. The van der Waals surface area contributed by atoms with Crippen LogP contribution in [0.3, 0.4) is 0 Å². The SMILES string of the molecule is COc1cc(C(=O)NCC(=O)NCC(O)COc2cccc(Cl)c2Cl)cc(OC)c1OC. The first kappa shape index (κ1) is 25.4. The summed E-state index contributed by atoms with van der Waals surface area (Å²) in [5.74, 6) is 0.278. The second-order valence-electron chi connectivity index (χ2n) is 6.42. The number of aliphatic hydroxyl groups excluding tert-OH is 1. The summed E-state index contributed by atoms with van der Waals surface area (Å²) in [4.78, 5) is 24.4. The Balaban J connectivity index is 1.82. The fourth-order valence-electron chi connectivity index (χ4n) is 2.61. The maximum Gasteiger partial charge on any atom is 0.251 e. The number of aliphatic hydroxyl groups is 1. The van der Waals surface area contributed by atoms with E-state index in [2.05, 4.69) is 10.6 Å². The number of ether oxygens (including phenoxy) is 4. The van der Waals surface area contributed by atoms with Gasteiger partial charge in [-0.3, -0.25) is 9.59 Å². The molecule has 0 fully saturated rings. The highest BCUT2D eigenvalue weighted by Crippen LogP contribution is 2.38. The molecule has 32 heavy (non-hydrogen) atoms. The van der Waals surface area contributed by atoms with Crippen LogP contribution in [-0.4, -0.2) is 64.1 Å². The largest absolute Gasteiger partial charge is 0.493 e. The van der Waals surface area contributed by atoms with E-state index in [4.69, 9.17) is 42.1 Å². The number of carbonyl (C=O) groups excluding carboxylic acids is 2. The van der Waals surface area contributed by atoms with Crippen molar-refractivity contribution in [1.29, 1.82) is 0 Å². The molecule has 0 saturated carbocycles. The molecular weight excluding hydrogens is 463 g/mol. The molecule has 2 amide bonds. The van der Waals surface area contributed by atoms with Gasteiger partial charge in [-0.15, -0.1) is 0 Å². The molecule has 2 rings (SSSR count). The molecule has 9 nitrogen and oxygen atoms in total. The molecule has 174 valence electrons. The van der Waals surface area contributed by atoms with Crippen LogP contribution in [0.2, 0.25) is 10.0 Å². The van der Waals surface area contributed by atoms with Gasteiger partial charge in [-0.25, -0.2) is 0 Å². The lowest BCUT2D eigenvalue weighted by Gasteiger charge is -2.15. The summed E-state index contributed by atoms with van der Waals surface area (Å²) in [6.45, 7) is -0.502. The molecule has 0 heterocycles. The van der Waals surface area contributed by atoms with Gasteiger partial charge in [0.05, 0.1) is 32.9 Å². The first-order valence-corrected chi connectivity index (χ1v) is 10.2. The van der Waals surface area contributed by atoms with Gasteiger partial charge in [0.1, 0.15) is 23.5 Å². The lowest BCUT2D eigenvalue weighted by molar-refractivity contribution is -0.120. The smallest absolute Gasteiger partial charge is 0.251 e. The molecule has 2 aromatic carbocycles. The van der Waals surface area contributed by atoms with Crippen LogP contribution in [0.15, 0.2) is 30.3 Å². The Morgan fingerprint density at radius 2 is 1.66 bits per heavy atom. The summed E-state index contributed by atoms with van der Waals surface area (Å²) < 4.78 is 21.0. The number of amides is 2. The Kier molecular flexibility index (Phi) is 9.70. The van der Waals surface area contributed by atoms with Crippen molar-refractivity contribution in [2.45, 2.75) is 6.10 Å². The second kappa shape index (κ2) is 12.2. The fourth-order valence-corrected chi connectivity index (χ4v) is 2.96. The van der Waals surface area contributed by atoms with Crippen molar-refractivity contribution in [3.05, 3.63) is 45.9 Å². The lowest BCUT2D eigenvalue weighted by atomic mass is 10.1. The van der Waals surface area contributed by atoms with Crippen LogP contribution in [0.5, 0.6) is 23.0 Å². The minimum Gasteiger partial charge on any atom is -0.493 e. The summed E-state index contributed by atoms with van der Waals surface area (Å²) in [5.41, 5.74) is 0.221. The first-order valence-electron chi connectivity index (χ1n) is 9.40. The molecular formula is C21H24Cl2N2O7. The van der Waals surface area contributed by atoms with Gasteiger partial charge in [-0.05, 0) is 24.3 Å². The molecule has 0 saturated heterocycles. The zero-order valence-corrected chi connectivity index (χ0v) is 19.2. The van der Waals surface area contributed by atoms with Crippen molar-refractivity contribution in [3.8, 4) is 23.0 Å². The van der Waals surface area contributed by atoms with Crippen molar-refractivity contribution >= 4 is 35.0 Å². The molecule has 3 N–H and O–H groups in total. The summed E-state index contributed by atoms with van der Waals surface area (Å²) in [5, 5.41) is 15.6. The highest BCUT2D eigenvalue weighted by atomic mass is 35.5. The Morgan fingerprint density at radius 1 is 1.00 bits per heavy atom. The number of halogens is 2. The Bertz CT molecular complexity index is 931. The van der Waals surface area contributed by atoms with Crippen LogP contribution in [0.4, 0.5) is 0 Å². The number of rotatable bonds is 11. The van der Waals surface area contributed by atoms with E-state index in [0.29, 0.717) is 28.0 Å². The topological polar surface area (TPSA) is 115 Å². The predicted octanol–water partition coefficient (Wildman–Crippen LogP) is 2.31. The van der Waals surface area contributed by atoms with Gasteiger partial charge in [0.2, 0.25) is 11.7 Å². The van der Waals surface area contributed by atoms with Crippen LogP contribution in [0, 0.1) is 0 Å². The Morgan fingerprint density at radius 3 is 2.25 bits per heavy atom. The maximum atomic E-state index is 12.4. The van der Waals surface area contributed by atoms with Crippen molar-refractivity contribution in [2.24, 2.45) is 0 Å². The van der Waals surface area contributed by atoms with Gasteiger partial charge in [0.15, 0.2) is 11.5 Å². The number of methoxy groups -OCH3 is 3. The molecule has 0 bridgehead atoms. The maximum absolute atomic E-state index is 12.4. The average Bonchev–Trinajstić information content (AvgIpc) is 2.80. The van der Waals surface area contributed by atoms with E-state index in [0.717, 1.165) is 0 Å². The van der Waals surface area contributed by atoms with Crippen LogP contribution >= 0.6 is 23.2 Å². The molecule has 2 aromatic rings. The van der Waals surface area contributed by atoms with Crippen LogP contribution in [0.1, 0.15) is 10.4 Å². The third-order valence-electron chi connectivity index (χ3n) is 4.22. The van der Waals surface area contributed by atoms with Crippen LogP contribution in [-0.2, 0) is 4.79 Å². The van der Waals surface area contributed by atoms with Crippen LogP contribution in [0.25, 0.3) is 0 Å². The molecule has 0 radical (unpaired) electrons. The van der Waals surface area contributed by atoms with E-state index in [9.17, 15) is 14.7 Å². The number of hydrogen-bond donors (Lipinski definition) is 3. The van der Waals surface area contributed by atoms with Gasteiger partial charge in [0, 0.05) is 12.1 Å². The van der Waals surface area contributed by atoms with Crippen LogP contribution < -0.4 is 29.6 Å². The van der Waals surface area contributed by atoms with E-state index in [1.807, 2.05) is 0 Å². The monoisotopic (exact) mass is 486 g/mol. The normalized spacial score (nSPS) is 11.3. The molecule has 0 spiro atoms. The summed E-state index contributed by atoms with van der Waals surface area (Å²) in [6, 6.07) is 7.82. The molecule has 0 aromatic heterocycles. The van der Waals surface area contributed by atoms with Crippen molar-refractivity contribution in [3.63, 3.8) is 0 Å². The van der Waals surface area contributed by atoms with Crippen molar-refractivity contribution in [2.75, 3.05) is 41.0 Å². The quantitative estimate of drug-likeness (QED) is 0.446. The van der Waals surface area contributed by atoms with Crippen molar-refractivity contribution < 1.29 is 33.6 Å². The van der Waals surface area contributed by atoms with Gasteiger partial charge in [-0.1, -0.05) is 29.3 Å². The number of carbonyl (C=O) groups is 2. The van der Waals surface area contributed by atoms with Gasteiger partial charge in [0.25, 0.3) is 5.91 Å². The van der Waals surface area contributed by atoms with Gasteiger partial charge < -0.3 is 34.7 Å². The zero-order chi connectivity index (χ0) is 23.7. The third-order valence-corrected chi connectivity index (χ3v) is 5.02. The Hall–Kier alpha value is -2.88. The average molecular weight is 487 g/mol. The van der Waals surface area contributed by atoms with E-state index in [1.54, 1.807) is 18.2 Å². The molecule has 1 atom stereocenters. The summed E-state index contributed by atoms with van der Waals surface area (Å²) >= 11 is 11.9. The van der Waals surface area contributed by atoms with Gasteiger partial charge >= 0.3 is 0 Å². The molecule has 1 unspecified atom stereocenters. The number of hydrogen-bond acceptors (Lipinski definition) is 7. The molecule has 0 aliphatic heterocycles. The lowest BCUT2D eigenvalue weighted by Crippen LogP contribution is -2.41. The predicted molar refractivity (Wildman–Crippen MR) is 119 cm³/mol. The highest BCUT2D eigenvalue weighted by molar-refractivity contribution is 6.42. The van der Waals surface area contributed by atoms with Gasteiger partial charge in [-0.2, -0.15) is 0 Å².